The number of rotatable bonds is 3. The molecule has 1 aromatic heterocycles. The van der Waals surface area contributed by atoms with E-state index in [0.29, 0.717) is 5.56 Å². The number of pyridine rings is 1. The number of hydrogen-bond acceptors (Lipinski definition) is 3. The van der Waals surface area contributed by atoms with Crippen LogP contribution in [0.25, 0.3) is 0 Å². The molecule has 1 heterocycles. The number of para-hydroxylation sites is 1. The van der Waals surface area contributed by atoms with Gasteiger partial charge in [-0.1, -0.05) is 25.1 Å². The van der Waals surface area contributed by atoms with Crippen molar-refractivity contribution >= 4 is 17.4 Å². The normalized spacial score (nSPS) is 10.1. The molecular weight excluding hydrogens is 226 g/mol. The van der Waals surface area contributed by atoms with Gasteiger partial charge < -0.3 is 11.1 Å². The van der Waals surface area contributed by atoms with Crippen LogP contribution in [0.1, 0.15) is 22.8 Å². The van der Waals surface area contributed by atoms with Gasteiger partial charge in [0, 0.05) is 11.9 Å². The van der Waals surface area contributed by atoms with E-state index in [4.69, 9.17) is 5.73 Å². The molecule has 0 aliphatic rings. The molecule has 0 atom stereocenters. The van der Waals surface area contributed by atoms with Gasteiger partial charge in [-0.25, -0.2) is 4.98 Å². The van der Waals surface area contributed by atoms with Crippen LogP contribution < -0.4 is 11.1 Å². The van der Waals surface area contributed by atoms with Gasteiger partial charge in [-0.2, -0.15) is 0 Å². The molecule has 0 bridgehead atoms. The highest BCUT2D eigenvalue weighted by atomic mass is 16.1. The van der Waals surface area contributed by atoms with Gasteiger partial charge in [-0.15, -0.1) is 0 Å². The molecule has 0 aliphatic heterocycles. The predicted octanol–water partition coefficient (Wildman–Crippen LogP) is 2.48. The Morgan fingerprint density at radius 3 is 2.78 bits per heavy atom. The fraction of sp³-hybridized carbons (Fsp3) is 0.143. The molecular formula is C14H15N3O. The molecule has 18 heavy (non-hydrogen) atoms. The van der Waals surface area contributed by atoms with Crippen molar-refractivity contribution in [3.63, 3.8) is 0 Å². The summed E-state index contributed by atoms with van der Waals surface area (Å²) in [5, 5.41) is 2.86. The Kier molecular flexibility index (Phi) is 3.57. The van der Waals surface area contributed by atoms with Crippen molar-refractivity contribution in [3.05, 3.63) is 53.7 Å². The Morgan fingerprint density at radius 1 is 1.28 bits per heavy atom. The minimum absolute atomic E-state index is 0.235. The smallest absolute Gasteiger partial charge is 0.259 e. The van der Waals surface area contributed by atoms with Gasteiger partial charge in [0.2, 0.25) is 0 Å². The summed E-state index contributed by atoms with van der Waals surface area (Å²) >= 11 is 0. The number of carbonyl (C=O) groups is 1. The van der Waals surface area contributed by atoms with Crippen LogP contribution in [0.5, 0.6) is 0 Å². The quantitative estimate of drug-likeness (QED) is 0.867. The minimum atomic E-state index is -0.235. The Balaban J connectivity index is 2.24. The molecule has 0 fully saturated rings. The van der Waals surface area contributed by atoms with Crippen LogP contribution in [0.3, 0.4) is 0 Å². The summed E-state index contributed by atoms with van der Waals surface area (Å²) in [7, 11) is 0. The van der Waals surface area contributed by atoms with E-state index in [1.54, 1.807) is 18.3 Å². The van der Waals surface area contributed by atoms with E-state index >= 15 is 0 Å². The molecule has 1 amide bonds. The molecule has 0 unspecified atom stereocenters. The van der Waals surface area contributed by atoms with Crippen molar-refractivity contribution in [3.8, 4) is 0 Å². The maximum Gasteiger partial charge on any atom is 0.259 e. The highest BCUT2D eigenvalue weighted by Gasteiger charge is 2.11. The lowest BCUT2D eigenvalue weighted by Gasteiger charge is -2.10. The Bertz CT molecular complexity index is 566. The van der Waals surface area contributed by atoms with E-state index in [1.807, 2.05) is 31.2 Å². The Hall–Kier alpha value is -2.36. The number of hydrogen-bond donors (Lipinski definition) is 2. The molecule has 0 saturated heterocycles. The molecule has 0 spiro atoms. The fourth-order valence-corrected chi connectivity index (χ4v) is 1.75. The first-order chi connectivity index (χ1) is 8.72. The number of aryl methyl sites for hydroxylation is 1. The first-order valence-corrected chi connectivity index (χ1v) is 5.82. The van der Waals surface area contributed by atoms with E-state index in [0.717, 1.165) is 17.7 Å². The van der Waals surface area contributed by atoms with Gasteiger partial charge >= 0.3 is 0 Å². The summed E-state index contributed by atoms with van der Waals surface area (Å²) in [4.78, 5) is 16.0. The number of nitrogens with one attached hydrogen (secondary N) is 1. The molecule has 0 saturated carbocycles. The molecule has 3 N–H and O–H groups in total. The summed E-state index contributed by atoms with van der Waals surface area (Å²) in [5.74, 6) is 0.00507. The maximum atomic E-state index is 12.1. The zero-order chi connectivity index (χ0) is 13.0. The summed E-state index contributed by atoms with van der Waals surface area (Å²) < 4.78 is 0. The maximum absolute atomic E-state index is 12.1. The van der Waals surface area contributed by atoms with E-state index < -0.39 is 0 Å². The Morgan fingerprint density at radius 2 is 2.06 bits per heavy atom. The molecule has 1 aromatic carbocycles. The summed E-state index contributed by atoms with van der Waals surface area (Å²) in [5.41, 5.74) is 7.97. The van der Waals surface area contributed by atoms with Crippen molar-refractivity contribution in [2.45, 2.75) is 13.3 Å². The van der Waals surface area contributed by atoms with Crippen LogP contribution in [-0.4, -0.2) is 10.9 Å². The SMILES string of the molecule is CCc1ccccc1NC(=O)c1cccnc1N. The van der Waals surface area contributed by atoms with Gasteiger partial charge in [0.1, 0.15) is 5.82 Å². The monoisotopic (exact) mass is 241 g/mol. The van der Waals surface area contributed by atoms with E-state index in [2.05, 4.69) is 10.3 Å². The predicted molar refractivity (Wildman–Crippen MR) is 72.4 cm³/mol. The van der Waals surface area contributed by atoms with Crippen LogP contribution in [0.4, 0.5) is 11.5 Å². The number of aromatic nitrogens is 1. The number of amides is 1. The average molecular weight is 241 g/mol. The highest BCUT2D eigenvalue weighted by molar-refractivity contribution is 6.07. The standard InChI is InChI=1S/C14H15N3O/c1-2-10-6-3-4-8-12(10)17-14(18)11-7-5-9-16-13(11)15/h3-9H,2H2,1H3,(H2,15,16)(H,17,18). The number of nitrogens with two attached hydrogens (primary N) is 1. The van der Waals surface area contributed by atoms with Crippen molar-refractivity contribution in [2.75, 3.05) is 11.1 Å². The van der Waals surface area contributed by atoms with Crippen molar-refractivity contribution < 1.29 is 4.79 Å². The topological polar surface area (TPSA) is 68.0 Å². The zero-order valence-electron chi connectivity index (χ0n) is 10.2. The van der Waals surface area contributed by atoms with Gasteiger partial charge in [0.15, 0.2) is 0 Å². The highest BCUT2D eigenvalue weighted by Crippen LogP contribution is 2.17. The molecule has 0 radical (unpaired) electrons. The fourth-order valence-electron chi connectivity index (χ4n) is 1.75. The lowest BCUT2D eigenvalue weighted by Crippen LogP contribution is -2.15. The number of anilines is 2. The summed E-state index contributed by atoms with van der Waals surface area (Å²) in [6, 6.07) is 11.1. The second-order valence-corrected chi connectivity index (χ2v) is 3.90. The number of nitrogen functional groups attached to an aromatic ring is 1. The van der Waals surface area contributed by atoms with Crippen molar-refractivity contribution in [1.82, 2.24) is 4.98 Å². The van der Waals surface area contributed by atoms with E-state index in [9.17, 15) is 4.79 Å². The third-order valence-corrected chi connectivity index (χ3v) is 2.73. The molecule has 0 aliphatic carbocycles. The van der Waals surface area contributed by atoms with Crippen LogP contribution in [0.2, 0.25) is 0 Å². The number of benzene rings is 1. The number of nitrogens with zero attached hydrogens (tertiary/aromatic N) is 1. The minimum Gasteiger partial charge on any atom is -0.383 e. The first kappa shape index (κ1) is 12.1. The van der Waals surface area contributed by atoms with Gasteiger partial charge in [-0.3, -0.25) is 4.79 Å². The molecule has 2 aromatic rings. The largest absolute Gasteiger partial charge is 0.383 e. The van der Waals surface area contributed by atoms with Crippen LogP contribution in [0.15, 0.2) is 42.6 Å². The third-order valence-electron chi connectivity index (χ3n) is 2.73. The summed E-state index contributed by atoms with van der Waals surface area (Å²) in [6.45, 7) is 2.05. The summed E-state index contributed by atoms with van der Waals surface area (Å²) in [6.07, 6.45) is 2.42. The van der Waals surface area contributed by atoms with E-state index in [-0.39, 0.29) is 11.7 Å². The van der Waals surface area contributed by atoms with E-state index in [1.165, 1.54) is 0 Å². The first-order valence-electron chi connectivity index (χ1n) is 5.82. The number of carbonyl (C=O) groups excluding carboxylic acids is 1. The molecule has 92 valence electrons. The molecule has 4 heteroatoms. The molecule has 2 rings (SSSR count). The second-order valence-electron chi connectivity index (χ2n) is 3.90. The zero-order valence-corrected chi connectivity index (χ0v) is 10.2. The lowest BCUT2D eigenvalue weighted by atomic mass is 10.1. The Labute approximate surface area is 106 Å². The van der Waals surface area contributed by atoms with Gasteiger partial charge in [0.25, 0.3) is 5.91 Å². The lowest BCUT2D eigenvalue weighted by molar-refractivity contribution is 0.102. The van der Waals surface area contributed by atoms with Gasteiger partial charge in [-0.05, 0) is 30.2 Å². The van der Waals surface area contributed by atoms with Crippen LogP contribution in [0, 0.1) is 0 Å². The van der Waals surface area contributed by atoms with Crippen molar-refractivity contribution in [1.29, 1.82) is 0 Å². The van der Waals surface area contributed by atoms with Crippen LogP contribution >= 0.6 is 0 Å². The van der Waals surface area contributed by atoms with Crippen molar-refractivity contribution in [2.24, 2.45) is 0 Å². The van der Waals surface area contributed by atoms with Crippen LogP contribution in [-0.2, 0) is 6.42 Å². The third kappa shape index (κ3) is 2.48. The molecule has 4 nitrogen and oxygen atoms in total. The average Bonchev–Trinajstić information content (AvgIpc) is 2.39. The second kappa shape index (κ2) is 5.31. The van der Waals surface area contributed by atoms with Gasteiger partial charge in [0.05, 0.1) is 5.56 Å².